The maximum absolute atomic E-state index is 12.6. The molecule has 158 valence electrons. The van der Waals surface area contributed by atoms with Crippen molar-refractivity contribution >= 4 is 17.7 Å². The van der Waals surface area contributed by atoms with Gasteiger partial charge in [-0.1, -0.05) is 51.8 Å². The Hall–Kier alpha value is -2.43. The van der Waals surface area contributed by atoms with Gasteiger partial charge in [0.25, 0.3) is 0 Å². The number of likely N-dealkylation sites (tertiary alicyclic amines) is 1. The molecule has 0 aliphatic carbocycles. The van der Waals surface area contributed by atoms with E-state index in [2.05, 4.69) is 6.92 Å². The van der Waals surface area contributed by atoms with E-state index in [4.69, 9.17) is 4.74 Å². The van der Waals surface area contributed by atoms with E-state index >= 15 is 0 Å². The number of hydrogen-bond donors (Lipinski definition) is 0. The molecule has 5 heteroatoms. The molecule has 1 fully saturated rings. The van der Waals surface area contributed by atoms with Crippen molar-refractivity contribution in [3.8, 4) is 0 Å². The minimum Gasteiger partial charge on any atom is -0.465 e. The summed E-state index contributed by atoms with van der Waals surface area (Å²) < 4.78 is 4.71. The van der Waals surface area contributed by atoms with Gasteiger partial charge in [0.2, 0.25) is 5.91 Å². The lowest BCUT2D eigenvalue weighted by atomic mass is 9.82. The van der Waals surface area contributed by atoms with Crippen molar-refractivity contribution in [1.82, 2.24) is 4.90 Å². The van der Waals surface area contributed by atoms with E-state index in [9.17, 15) is 14.4 Å². The monoisotopic (exact) mass is 399 g/mol. The Morgan fingerprint density at radius 1 is 1.24 bits per heavy atom. The number of nitrogens with zero attached hydrogens (tertiary/aromatic N) is 1. The van der Waals surface area contributed by atoms with Crippen LogP contribution in [0.5, 0.6) is 0 Å². The lowest BCUT2D eigenvalue weighted by Crippen LogP contribution is -2.34. The zero-order chi connectivity index (χ0) is 21.4. The molecule has 1 aliphatic heterocycles. The quantitative estimate of drug-likeness (QED) is 0.433. The Balaban J connectivity index is 1.96. The number of methoxy groups -OCH3 is 1. The van der Waals surface area contributed by atoms with Crippen LogP contribution >= 0.6 is 0 Å². The summed E-state index contributed by atoms with van der Waals surface area (Å²) >= 11 is 0. The van der Waals surface area contributed by atoms with Crippen molar-refractivity contribution in [2.45, 2.75) is 65.3 Å². The van der Waals surface area contributed by atoms with Gasteiger partial charge in [-0.25, -0.2) is 4.79 Å². The number of ketones is 1. The molecule has 0 radical (unpaired) electrons. The Bertz CT molecular complexity index is 749. The highest BCUT2D eigenvalue weighted by Crippen LogP contribution is 2.26. The van der Waals surface area contributed by atoms with Gasteiger partial charge < -0.3 is 9.64 Å². The van der Waals surface area contributed by atoms with Crippen LogP contribution in [0.1, 0.15) is 68.8 Å². The fourth-order valence-corrected chi connectivity index (χ4v) is 3.59. The number of esters is 1. The van der Waals surface area contributed by atoms with E-state index in [1.807, 2.05) is 37.0 Å². The van der Waals surface area contributed by atoms with Crippen LogP contribution in [0.15, 0.2) is 36.4 Å². The molecule has 0 bridgehead atoms. The van der Waals surface area contributed by atoms with Gasteiger partial charge in [-0.05, 0) is 43.0 Å². The molecule has 2 rings (SSSR count). The normalized spacial score (nSPS) is 17.2. The predicted octanol–water partition coefficient (Wildman–Crippen LogP) is 4.35. The van der Waals surface area contributed by atoms with E-state index in [0.29, 0.717) is 24.9 Å². The third-order valence-electron chi connectivity index (χ3n) is 5.68. The summed E-state index contributed by atoms with van der Waals surface area (Å²) in [6.07, 6.45) is 8.54. The van der Waals surface area contributed by atoms with Gasteiger partial charge in [-0.3, -0.25) is 9.59 Å². The van der Waals surface area contributed by atoms with Gasteiger partial charge >= 0.3 is 5.97 Å². The summed E-state index contributed by atoms with van der Waals surface area (Å²) in [4.78, 5) is 38.3. The van der Waals surface area contributed by atoms with Gasteiger partial charge in [-0.15, -0.1) is 0 Å². The number of allylic oxidation sites excluding steroid dienone is 1. The van der Waals surface area contributed by atoms with E-state index in [-0.39, 0.29) is 29.1 Å². The van der Waals surface area contributed by atoms with Crippen molar-refractivity contribution < 1.29 is 19.1 Å². The largest absolute Gasteiger partial charge is 0.465 e. The zero-order valence-corrected chi connectivity index (χ0v) is 18.1. The van der Waals surface area contributed by atoms with Crippen LogP contribution < -0.4 is 0 Å². The molecule has 1 aliphatic rings. The van der Waals surface area contributed by atoms with Crippen LogP contribution in [-0.2, 0) is 20.7 Å². The van der Waals surface area contributed by atoms with Crippen molar-refractivity contribution in [2.75, 3.05) is 13.7 Å². The molecule has 1 unspecified atom stereocenters. The van der Waals surface area contributed by atoms with Crippen LogP contribution in [0.3, 0.4) is 0 Å². The molecule has 0 spiro atoms. The number of unbranched alkanes of at least 4 members (excludes halogenated alkanes) is 1. The highest BCUT2D eigenvalue weighted by atomic mass is 16.5. The summed E-state index contributed by atoms with van der Waals surface area (Å²) in [5, 5.41) is 0. The topological polar surface area (TPSA) is 63.7 Å². The summed E-state index contributed by atoms with van der Waals surface area (Å²) in [5.41, 5.74) is 1.21. The van der Waals surface area contributed by atoms with Gasteiger partial charge in [0.1, 0.15) is 0 Å². The number of carbonyl (C=O) groups excluding carboxylic acids is 3. The van der Waals surface area contributed by atoms with E-state index in [0.717, 1.165) is 31.2 Å². The molecular formula is C24H33NO4. The first kappa shape index (κ1) is 22.9. The van der Waals surface area contributed by atoms with E-state index in [1.165, 1.54) is 7.11 Å². The fourth-order valence-electron chi connectivity index (χ4n) is 3.59. The summed E-state index contributed by atoms with van der Waals surface area (Å²) in [6, 6.07) is 7.22. The predicted molar refractivity (Wildman–Crippen MR) is 114 cm³/mol. The molecule has 1 saturated heterocycles. The number of ether oxygens (including phenoxy) is 1. The van der Waals surface area contributed by atoms with Crippen molar-refractivity contribution in [3.63, 3.8) is 0 Å². The molecule has 1 aromatic rings. The Morgan fingerprint density at radius 2 is 1.93 bits per heavy atom. The number of carbonyl (C=O) groups is 3. The summed E-state index contributed by atoms with van der Waals surface area (Å²) in [5.74, 6) is -0.102. The van der Waals surface area contributed by atoms with Crippen LogP contribution in [0.2, 0.25) is 0 Å². The van der Waals surface area contributed by atoms with Gasteiger partial charge in [-0.2, -0.15) is 0 Å². The van der Waals surface area contributed by atoms with Crippen LogP contribution in [-0.4, -0.2) is 42.3 Å². The molecule has 29 heavy (non-hydrogen) atoms. The molecule has 1 heterocycles. The molecule has 1 aromatic carbocycles. The Kier molecular flexibility index (Phi) is 8.18. The van der Waals surface area contributed by atoms with Crippen LogP contribution in [0.25, 0.3) is 0 Å². The maximum atomic E-state index is 12.6. The lowest BCUT2D eigenvalue weighted by Gasteiger charge is -2.24. The molecule has 1 atom stereocenters. The number of benzene rings is 1. The SMILES string of the molecule is CCCCC(C)(C)C(=O)/C=C/C1CCC(=O)N1CCc1ccc(C(=O)OC)cc1. The molecular weight excluding hydrogens is 366 g/mol. The maximum Gasteiger partial charge on any atom is 0.337 e. The van der Waals surface area contributed by atoms with E-state index in [1.54, 1.807) is 18.2 Å². The first-order valence-electron chi connectivity index (χ1n) is 10.5. The minimum absolute atomic E-state index is 0.0252. The second-order valence-corrected chi connectivity index (χ2v) is 8.34. The molecule has 0 N–H and O–H groups in total. The fraction of sp³-hybridized carbons (Fsp3) is 0.542. The lowest BCUT2D eigenvalue weighted by molar-refractivity contribution is -0.128. The smallest absolute Gasteiger partial charge is 0.337 e. The highest BCUT2D eigenvalue weighted by Gasteiger charge is 2.30. The average molecular weight is 400 g/mol. The second-order valence-electron chi connectivity index (χ2n) is 8.34. The molecule has 5 nitrogen and oxygen atoms in total. The van der Waals surface area contributed by atoms with Gasteiger partial charge in [0.05, 0.1) is 18.7 Å². The first-order valence-corrected chi connectivity index (χ1v) is 10.5. The van der Waals surface area contributed by atoms with Gasteiger partial charge in [0, 0.05) is 18.4 Å². The Morgan fingerprint density at radius 3 is 2.55 bits per heavy atom. The number of hydrogen-bond acceptors (Lipinski definition) is 4. The molecule has 0 aromatic heterocycles. The van der Waals surface area contributed by atoms with Crippen molar-refractivity contribution in [3.05, 3.63) is 47.5 Å². The Labute approximate surface area is 174 Å². The summed E-state index contributed by atoms with van der Waals surface area (Å²) in [6.45, 7) is 6.70. The van der Waals surface area contributed by atoms with Gasteiger partial charge in [0.15, 0.2) is 5.78 Å². The van der Waals surface area contributed by atoms with Crippen molar-refractivity contribution in [2.24, 2.45) is 5.41 Å². The standard InChI is InChI=1S/C24H33NO4/c1-5-6-16-24(2,3)21(26)13-11-20-12-14-22(27)25(20)17-15-18-7-9-19(10-8-18)23(28)29-4/h7-11,13,20H,5-6,12,14-17H2,1-4H3/b13-11+. The number of rotatable bonds is 10. The third-order valence-corrected chi connectivity index (χ3v) is 5.68. The number of amides is 1. The van der Waals surface area contributed by atoms with Crippen molar-refractivity contribution in [1.29, 1.82) is 0 Å². The minimum atomic E-state index is -0.360. The zero-order valence-electron chi connectivity index (χ0n) is 18.1. The second kappa shape index (κ2) is 10.4. The highest BCUT2D eigenvalue weighted by molar-refractivity contribution is 5.94. The van der Waals surface area contributed by atoms with Crippen LogP contribution in [0.4, 0.5) is 0 Å². The van der Waals surface area contributed by atoms with Crippen LogP contribution in [0, 0.1) is 5.41 Å². The average Bonchev–Trinajstić information content (AvgIpc) is 3.08. The molecule has 1 amide bonds. The molecule has 0 saturated carbocycles. The third kappa shape index (κ3) is 6.28. The summed E-state index contributed by atoms with van der Waals surface area (Å²) in [7, 11) is 1.36. The first-order chi connectivity index (χ1) is 13.8. The van der Waals surface area contributed by atoms with E-state index < -0.39 is 0 Å².